The van der Waals surface area contributed by atoms with Gasteiger partial charge in [-0.15, -0.1) is 0 Å². The minimum Gasteiger partial charge on any atom is -0.450 e. The van der Waals surface area contributed by atoms with Crippen LogP contribution in [0.15, 0.2) is 0 Å². The maximum absolute atomic E-state index is 11.1. The number of rotatable bonds is 3. The highest BCUT2D eigenvalue weighted by Gasteiger charge is 2.14. The van der Waals surface area contributed by atoms with E-state index in [0.29, 0.717) is 6.42 Å². The molecule has 0 spiro atoms. The van der Waals surface area contributed by atoms with Crippen LogP contribution in [0.4, 0.5) is 0 Å². The van der Waals surface area contributed by atoms with Gasteiger partial charge in [0.2, 0.25) is 5.78 Å². The van der Waals surface area contributed by atoms with Crippen molar-refractivity contribution in [3.63, 3.8) is 0 Å². The third-order valence-corrected chi connectivity index (χ3v) is 1.46. The Morgan fingerprint density at radius 3 is 2.27 bits per heavy atom. The molecule has 0 saturated heterocycles. The Labute approximate surface area is 91.2 Å². The Bertz CT molecular complexity index is 286. The summed E-state index contributed by atoms with van der Waals surface area (Å²) in [6, 6.07) is 0. The highest BCUT2D eigenvalue weighted by atomic mass is 16.6. The predicted octanol–water partition coefficient (Wildman–Crippen LogP) is 2.09. The molecule has 0 aromatic rings. The molecule has 0 aliphatic carbocycles. The lowest BCUT2D eigenvalue weighted by Crippen LogP contribution is -2.22. The average Bonchev–Trinajstić information content (AvgIpc) is 2.08. The Morgan fingerprint density at radius 2 is 1.80 bits per heavy atom. The number of carbonyl (C=O) groups is 2. The Hall–Kier alpha value is -1.30. The number of hydrogen-bond donors (Lipinski definition) is 0. The van der Waals surface area contributed by atoms with Crippen molar-refractivity contribution >= 4 is 11.8 Å². The minimum absolute atomic E-state index is 0.206. The zero-order valence-corrected chi connectivity index (χ0v) is 9.85. The van der Waals surface area contributed by atoms with Gasteiger partial charge in [-0.25, -0.2) is 4.79 Å². The Kier molecular flexibility index (Phi) is 5.69. The van der Waals surface area contributed by atoms with E-state index in [4.69, 9.17) is 4.74 Å². The van der Waals surface area contributed by atoms with Crippen LogP contribution in [-0.4, -0.2) is 17.4 Å². The number of hydrogen-bond acceptors (Lipinski definition) is 3. The van der Waals surface area contributed by atoms with Crippen LogP contribution in [-0.2, 0) is 14.3 Å². The molecule has 0 radical (unpaired) electrons. The molecule has 3 nitrogen and oxygen atoms in total. The van der Waals surface area contributed by atoms with Gasteiger partial charge in [0.25, 0.3) is 0 Å². The lowest BCUT2D eigenvalue weighted by atomic mass is 10.2. The van der Waals surface area contributed by atoms with Gasteiger partial charge in [-0.3, -0.25) is 4.79 Å². The second kappa shape index (κ2) is 6.23. The van der Waals surface area contributed by atoms with Crippen molar-refractivity contribution in [2.24, 2.45) is 0 Å². The summed E-state index contributed by atoms with van der Waals surface area (Å²) in [6.45, 7) is 7.26. The van der Waals surface area contributed by atoms with Crippen LogP contribution in [0.1, 0.15) is 47.0 Å². The van der Waals surface area contributed by atoms with Crippen molar-refractivity contribution < 1.29 is 14.3 Å². The second-order valence-electron chi connectivity index (χ2n) is 4.28. The van der Waals surface area contributed by atoms with E-state index in [2.05, 4.69) is 11.8 Å². The monoisotopic (exact) mass is 210 g/mol. The van der Waals surface area contributed by atoms with Gasteiger partial charge in [0.05, 0.1) is 0 Å². The Balaban J connectivity index is 4.06. The fraction of sp³-hybridized carbons (Fsp3) is 0.667. The van der Waals surface area contributed by atoms with Crippen molar-refractivity contribution in [3.8, 4) is 11.8 Å². The first kappa shape index (κ1) is 13.7. The Morgan fingerprint density at radius 1 is 1.20 bits per heavy atom. The summed E-state index contributed by atoms with van der Waals surface area (Å²) in [4.78, 5) is 22.2. The molecule has 0 unspecified atom stereocenters. The molecule has 0 rings (SSSR count). The number of unbranched alkanes of at least 4 members (excludes halogenated alkanes) is 1. The molecule has 0 N–H and O–H groups in total. The summed E-state index contributed by atoms with van der Waals surface area (Å²) in [6.07, 6.45) is 2.16. The van der Waals surface area contributed by atoms with Gasteiger partial charge >= 0.3 is 5.97 Å². The lowest BCUT2D eigenvalue weighted by molar-refractivity contribution is -0.147. The van der Waals surface area contributed by atoms with Gasteiger partial charge in [0, 0.05) is 12.3 Å². The molecule has 0 saturated carbocycles. The molecule has 0 aromatic carbocycles. The molecule has 0 atom stereocenters. The smallest absolute Gasteiger partial charge is 0.385 e. The molecule has 0 aliphatic heterocycles. The van der Waals surface area contributed by atoms with Gasteiger partial charge in [-0.1, -0.05) is 13.3 Å². The van der Waals surface area contributed by atoms with E-state index < -0.39 is 11.6 Å². The van der Waals surface area contributed by atoms with Crippen molar-refractivity contribution in [1.29, 1.82) is 0 Å². The lowest BCUT2D eigenvalue weighted by Gasteiger charge is -2.16. The van der Waals surface area contributed by atoms with E-state index in [-0.39, 0.29) is 5.78 Å². The second-order valence-corrected chi connectivity index (χ2v) is 4.28. The van der Waals surface area contributed by atoms with E-state index in [1.165, 1.54) is 0 Å². The van der Waals surface area contributed by atoms with Crippen LogP contribution in [0.2, 0.25) is 0 Å². The first-order chi connectivity index (χ1) is 6.85. The molecule has 0 heterocycles. The predicted molar refractivity (Wildman–Crippen MR) is 58.2 cm³/mol. The SMILES string of the molecule is CCCCC(=O)C#CC(=O)OC(C)(C)C. The van der Waals surface area contributed by atoms with Crippen LogP contribution < -0.4 is 0 Å². The van der Waals surface area contributed by atoms with E-state index >= 15 is 0 Å². The molecule has 0 fully saturated rings. The van der Waals surface area contributed by atoms with Gasteiger partial charge in [0.15, 0.2) is 0 Å². The van der Waals surface area contributed by atoms with Gasteiger partial charge in [-0.05, 0) is 33.1 Å². The number of Topliss-reactive ketones (excluding diaryl/α,β-unsaturated/α-hetero) is 1. The first-order valence-corrected chi connectivity index (χ1v) is 5.13. The van der Waals surface area contributed by atoms with Crippen molar-refractivity contribution in [2.45, 2.75) is 52.6 Å². The molecule has 0 bridgehead atoms. The third kappa shape index (κ3) is 9.01. The van der Waals surface area contributed by atoms with Gasteiger partial charge in [0.1, 0.15) is 5.60 Å². The standard InChI is InChI=1S/C12H18O3/c1-5-6-7-10(13)8-9-11(14)15-12(2,3)4/h5-7H2,1-4H3. The van der Waals surface area contributed by atoms with Crippen molar-refractivity contribution in [1.82, 2.24) is 0 Å². The molecule has 0 aliphatic rings. The van der Waals surface area contributed by atoms with Crippen LogP contribution in [0.25, 0.3) is 0 Å². The number of ketones is 1. The average molecular weight is 210 g/mol. The van der Waals surface area contributed by atoms with Crippen LogP contribution in [0.5, 0.6) is 0 Å². The van der Waals surface area contributed by atoms with Gasteiger partial charge in [-0.2, -0.15) is 0 Å². The highest BCUT2D eigenvalue weighted by Crippen LogP contribution is 2.06. The molecule has 15 heavy (non-hydrogen) atoms. The van der Waals surface area contributed by atoms with E-state index in [0.717, 1.165) is 12.8 Å². The quantitative estimate of drug-likeness (QED) is 0.310. The fourth-order valence-corrected chi connectivity index (χ4v) is 0.824. The highest BCUT2D eigenvalue weighted by molar-refractivity contribution is 6.02. The van der Waals surface area contributed by atoms with Crippen LogP contribution in [0.3, 0.4) is 0 Å². The maximum Gasteiger partial charge on any atom is 0.385 e. The third-order valence-electron chi connectivity index (χ3n) is 1.46. The summed E-state index contributed by atoms with van der Waals surface area (Å²) < 4.78 is 4.93. The largest absolute Gasteiger partial charge is 0.450 e. The molecular weight excluding hydrogens is 192 g/mol. The summed E-state index contributed by atoms with van der Waals surface area (Å²) in [7, 11) is 0. The van der Waals surface area contributed by atoms with E-state index in [9.17, 15) is 9.59 Å². The van der Waals surface area contributed by atoms with Crippen LogP contribution in [0, 0.1) is 11.8 Å². The number of carbonyl (C=O) groups excluding carboxylic acids is 2. The molecule has 3 heteroatoms. The molecule has 0 amide bonds. The maximum atomic E-state index is 11.1. The first-order valence-electron chi connectivity index (χ1n) is 5.13. The molecular formula is C12H18O3. The summed E-state index contributed by atoms with van der Waals surface area (Å²) in [5.74, 6) is 3.61. The summed E-state index contributed by atoms with van der Waals surface area (Å²) in [5, 5.41) is 0. The zero-order chi connectivity index (χ0) is 11.9. The van der Waals surface area contributed by atoms with E-state index in [1.54, 1.807) is 20.8 Å². The summed E-state index contributed by atoms with van der Waals surface area (Å²) in [5.41, 5.74) is -0.557. The van der Waals surface area contributed by atoms with E-state index in [1.807, 2.05) is 6.92 Å². The van der Waals surface area contributed by atoms with Crippen molar-refractivity contribution in [2.75, 3.05) is 0 Å². The van der Waals surface area contributed by atoms with Crippen LogP contribution >= 0.6 is 0 Å². The zero-order valence-electron chi connectivity index (χ0n) is 9.85. The normalized spacial score (nSPS) is 10.1. The topological polar surface area (TPSA) is 43.4 Å². The molecule has 84 valence electrons. The van der Waals surface area contributed by atoms with Gasteiger partial charge < -0.3 is 4.74 Å². The number of ether oxygens (including phenoxy) is 1. The molecule has 0 aromatic heterocycles. The van der Waals surface area contributed by atoms with Crippen molar-refractivity contribution in [3.05, 3.63) is 0 Å². The summed E-state index contributed by atoms with van der Waals surface area (Å²) >= 11 is 0. The fourth-order valence-electron chi connectivity index (χ4n) is 0.824. The minimum atomic E-state index is -0.646. The number of esters is 1.